The second-order valence-electron chi connectivity index (χ2n) is 7.88. The molecule has 2 aliphatic heterocycles. The predicted molar refractivity (Wildman–Crippen MR) is 121 cm³/mol. The number of rotatable bonds is 4. The average Bonchev–Trinajstić information content (AvgIpc) is 3.06. The Balaban J connectivity index is 1.35. The number of aromatic amines is 1. The summed E-state index contributed by atoms with van der Waals surface area (Å²) in [6, 6.07) is 7.12. The van der Waals surface area contributed by atoms with E-state index in [-0.39, 0.29) is 17.1 Å². The maximum atomic E-state index is 12.9. The quantitative estimate of drug-likeness (QED) is 0.726. The molecule has 1 aromatic carbocycles. The van der Waals surface area contributed by atoms with E-state index in [2.05, 4.69) is 37.2 Å². The zero-order chi connectivity index (χ0) is 21.4. The van der Waals surface area contributed by atoms with Crippen molar-refractivity contribution in [3.05, 3.63) is 80.6 Å². The second-order valence-corrected chi connectivity index (χ2v) is 10.0. The Kier molecular flexibility index (Phi) is 4.83. The number of aliphatic imine (C=N–C) groups is 1. The number of pyridine rings is 1. The van der Waals surface area contributed by atoms with Crippen molar-refractivity contribution in [2.45, 2.75) is 31.2 Å². The lowest BCUT2D eigenvalue weighted by molar-refractivity contribution is 0.0946. The number of carbonyl (C=O) groups excluding carboxylic acids is 1. The molecule has 1 aliphatic carbocycles. The van der Waals surface area contributed by atoms with E-state index in [0.29, 0.717) is 5.92 Å². The number of nitrogens with zero attached hydrogens (tertiary/aromatic N) is 2. The molecular weight excluding hydrogens is 412 g/mol. The van der Waals surface area contributed by atoms with E-state index < -0.39 is 27.2 Å². The molecule has 2 N–H and O–H groups in total. The first kappa shape index (κ1) is 19.5. The van der Waals surface area contributed by atoms with Gasteiger partial charge < -0.3 is 10.3 Å². The van der Waals surface area contributed by atoms with Gasteiger partial charge in [0.2, 0.25) is 5.82 Å². The molecule has 2 aromatic rings. The number of aromatic nitrogens is 1. The number of carbonyl (C=O) groups is 1. The van der Waals surface area contributed by atoms with Crippen molar-refractivity contribution in [1.29, 1.82) is 0 Å². The molecule has 5 rings (SSSR count). The standard InChI is InChI=1S/C23H20N4O3S/c28-22(25-18-9-11-31(30,14-18)27-21-6-1-2-10-24-21)19-12-17-8-7-16(15-4-3-5-15)13-20(17)26-23(19)29/h2,7-13,15,18H,3-5,14H2,(H,25,28)(H,26,29)/t18-,31?/m1/s1. The number of benzene rings is 1. The van der Waals surface area contributed by atoms with Gasteiger partial charge in [0, 0.05) is 23.2 Å². The van der Waals surface area contributed by atoms with Crippen LogP contribution in [0.25, 0.3) is 10.9 Å². The molecule has 2 atom stereocenters. The third-order valence-electron chi connectivity index (χ3n) is 5.73. The molecule has 1 fully saturated rings. The molecule has 1 saturated carbocycles. The highest BCUT2D eigenvalue weighted by molar-refractivity contribution is 7.96. The Bertz CT molecular complexity index is 1440. The molecule has 1 amide bonds. The number of hydrogen-bond donors (Lipinski definition) is 2. The zero-order valence-corrected chi connectivity index (χ0v) is 17.4. The fraction of sp³-hybridized carbons (Fsp3) is 0.261. The third kappa shape index (κ3) is 3.97. The minimum Gasteiger partial charge on any atom is -0.345 e. The fourth-order valence-electron chi connectivity index (χ4n) is 3.85. The van der Waals surface area contributed by atoms with Crippen molar-refractivity contribution >= 4 is 32.8 Å². The van der Waals surface area contributed by atoms with Gasteiger partial charge in [-0.2, -0.15) is 4.36 Å². The fourth-order valence-corrected chi connectivity index (χ4v) is 5.63. The lowest BCUT2D eigenvalue weighted by atomic mass is 9.80. The van der Waals surface area contributed by atoms with Crippen LogP contribution in [0.15, 0.2) is 73.3 Å². The Morgan fingerprint density at radius 3 is 2.90 bits per heavy atom. The van der Waals surface area contributed by atoms with Crippen molar-refractivity contribution in [2.24, 2.45) is 9.36 Å². The van der Waals surface area contributed by atoms with Gasteiger partial charge in [0.1, 0.15) is 5.56 Å². The van der Waals surface area contributed by atoms with Crippen molar-refractivity contribution in [3.63, 3.8) is 0 Å². The van der Waals surface area contributed by atoms with Gasteiger partial charge in [-0.1, -0.05) is 30.4 Å². The van der Waals surface area contributed by atoms with Crippen LogP contribution >= 0.6 is 0 Å². The van der Waals surface area contributed by atoms with Crippen molar-refractivity contribution in [3.8, 4) is 0 Å². The maximum absolute atomic E-state index is 12.9. The highest BCUT2D eigenvalue weighted by Crippen LogP contribution is 2.37. The summed E-state index contributed by atoms with van der Waals surface area (Å²) in [6.45, 7) is 0. The normalized spacial score (nSPS) is 24.3. The SMILES string of the molecule is O=C(N[C@@H]1C=CS(=O)(=NC2=C=C=CC=N2)C1)c1cc2ccc(C3CCC3)cc2[nH]c1=O. The highest BCUT2D eigenvalue weighted by atomic mass is 32.2. The summed E-state index contributed by atoms with van der Waals surface area (Å²) in [5.74, 6) is 0.366. The van der Waals surface area contributed by atoms with Crippen LogP contribution in [0.1, 0.15) is 41.1 Å². The minimum absolute atomic E-state index is 0.0280. The third-order valence-corrected chi connectivity index (χ3v) is 7.63. The molecule has 7 nitrogen and oxygen atoms in total. The number of amides is 1. The zero-order valence-electron chi connectivity index (χ0n) is 16.6. The lowest BCUT2D eigenvalue weighted by Crippen LogP contribution is -2.38. The van der Waals surface area contributed by atoms with Crippen LogP contribution in [0.5, 0.6) is 0 Å². The number of nitrogens with one attached hydrogen (secondary N) is 2. The summed E-state index contributed by atoms with van der Waals surface area (Å²) in [4.78, 5) is 32.1. The van der Waals surface area contributed by atoms with E-state index in [1.807, 2.05) is 12.1 Å². The number of H-pyrrole nitrogens is 1. The van der Waals surface area contributed by atoms with Crippen molar-refractivity contribution < 1.29 is 9.00 Å². The topological polar surface area (TPSA) is 104 Å². The maximum Gasteiger partial charge on any atom is 0.261 e. The largest absolute Gasteiger partial charge is 0.345 e. The molecule has 1 aromatic heterocycles. The smallest absolute Gasteiger partial charge is 0.261 e. The van der Waals surface area contributed by atoms with E-state index in [9.17, 15) is 13.8 Å². The summed E-state index contributed by atoms with van der Waals surface area (Å²) in [5, 5.41) is 5.05. The molecular formula is C23H20N4O3S. The Hall–Kier alpha value is -3.44. The first-order chi connectivity index (χ1) is 15.0. The van der Waals surface area contributed by atoms with Crippen LogP contribution in [0.3, 0.4) is 0 Å². The van der Waals surface area contributed by atoms with Crippen LogP contribution in [0.4, 0.5) is 0 Å². The van der Waals surface area contributed by atoms with Gasteiger partial charge in [-0.15, -0.1) is 0 Å². The molecule has 1 unspecified atom stereocenters. The second kappa shape index (κ2) is 7.67. The molecule has 3 aliphatic rings. The molecule has 3 heterocycles. The van der Waals surface area contributed by atoms with Gasteiger partial charge in [-0.25, -0.2) is 9.20 Å². The van der Waals surface area contributed by atoms with Gasteiger partial charge in [0.05, 0.1) is 21.5 Å². The van der Waals surface area contributed by atoms with Crippen molar-refractivity contribution in [1.82, 2.24) is 10.3 Å². The number of hydrogen-bond acceptors (Lipinski definition) is 5. The van der Waals surface area contributed by atoms with Crippen LogP contribution in [-0.4, -0.2) is 33.1 Å². The van der Waals surface area contributed by atoms with E-state index in [4.69, 9.17) is 0 Å². The first-order valence-electron chi connectivity index (χ1n) is 10.1. The van der Waals surface area contributed by atoms with E-state index in [1.54, 1.807) is 18.2 Å². The average molecular weight is 433 g/mol. The van der Waals surface area contributed by atoms with Gasteiger partial charge in [0.15, 0.2) is 0 Å². The van der Waals surface area contributed by atoms with Gasteiger partial charge in [-0.3, -0.25) is 9.59 Å². The number of allylic oxidation sites excluding steroid dienone is 1. The van der Waals surface area contributed by atoms with Crippen LogP contribution in [0, 0.1) is 0 Å². The van der Waals surface area contributed by atoms with E-state index in [1.165, 1.54) is 36.4 Å². The lowest BCUT2D eigenvalue weighted by Gasteiger charge is -2.25. The van der Waals surface area contributed by atoms with Gasteiger partial charge in [0.25, 0.3) is 11.5 Å². The summed E-state index contributed by atoms with van der Waals surface area (Å²) in [6.07, 6.45) is 8.31. The van der Waals surface area contributed by atoms with E-state index >= 15 is 0 Å². The van der Waals surface area contributed by atoms with Crippen LogP contribution in [0.2, 0.25) is 0 Å². The highest BCUT2D eigenvalue weighted by Gasteiger charge is 2.25. The summed E-state index contributed by atoms with van der Waals surface area (Å²) in [7, 11) is -2.71. The predicted octanol–water partition coefficient (Wildman–Crippen LogP) is 3.13. The summed E-state index contributed by atoms with van der Waals surface area (Å²) in [5.41, 5.74) is 6.96. The van der Waals surface area contributed by atoms with Crippen molar-refractivity contribution in [2.75, 3.05) is 5.75 Å². The Labute approximate surface area is 179 Å². The first-order valence-corrected chi connectivity index (χ1v) is 11.9. The van der Waals surface area contributed by atoms with Gasteiger partial charge in [-0.05, 0) is 47.6 Å². The molecule has 0 saturated heterocycles. The van der Waals surface area contributed by atoms with Crippen LogP contribution < -0.4 is 10.9 Å². The minimum atomic E-state index is -2.71. The van der Waals surface area contributed by atoms with Gasteiger partial charge >= 0.3 is 0 Å². The molecule has 31 heavy (non-hydrogen) atoms. The summed E-state index contributed by atoms with van der Waals surface area (Å²) >= 11 is 0. The molecule has 8 heteroatoms. The van der Waals surface area contributed by atoms with Crippen LogP contribution in [-0.2, 0) is 9.73 Å². The summed E-state index contributed by atoms with van der Waals surface area (Å²) < 4.78 is 17.0. The number of fused-ring (bicyclic) bond motifs is 1. The molecule has 0 bridgehead atoms. The molecule has 0 radical (unpaired) electrons. The molecule has 0 spiro atoms. The monoisotopic (exact) mass is 432 g/mol. The Morgan fingerprint density at radius 1 is 1.29 bits per heavy atom. The van der Waals surface area contributed by atoms with E-state index in [0.717, 1.165) is 10.9 Å². The Morgan fingerprint density at radius 2 is 2.16 bits per heavy atom. The molecule has 156 valence electrons.